The number of alkyl halides is 3. The maximum atomic E-state index is 12.7. The van der Waals surface area contributed by atoms with Crippen LogP contribution in [0.2, 0.25) is 0 Å². The molecule has 210 valence electrons. The van der Waals surface area contributed by atoms with Crippen molar-refractivity contribution in [3.8, 4) is 0 Å². The standard InChI is InChI=1S/C27H35F3N2O4S2/c1-19(2)37(33,34)32-18-20(3)22-8-10-24(11-9-22)23-6-4-21(5-7-23)16-17-31-38(35,36)26-14-12-25(13-15-26)27(28,29)30/h4-7,10,12-15,19-20,22,31-32H,8-9,11,16-18H2,1-3H3. The summed E-state index contributed by atoms with van der Waals surface area (Å²) in [7, 11) is -7.18. The number of allylic oxidation sites excluding steroid dienone is 2. The lowest BCUT2D eigenvalue weighted by Crippen LogP contribution is -2.36. The third kappa shape index (κ3) is 8.14. The lowest BCUT2D eigenvalue weighted by atomic mass is 9.80. The summed E-state index contributed by atoms with van der Waals surface area (Å²) in [6, 6.07) is 11.3. The lowest BCUT2D eigenvalue weighted by molar-refractivity contribution is -0.137. The number of nitrogens with one attached hydrogen (secondary N) is 2. The largest absolute Gasteiger partial charge is 0.416 e. The highest BCUT2D eigenvalue weighted by Gasteiger charge is 2.30. The van der Waals surface area contributed by atoms with Crippen molar-refractivity contribution in [1.29, 1.82) is 0 Å². The lowest BCUT2D eigenvalue weighted by Gasteiger charge is -2.28. The average Bonchev–Trinajstić information content (AvgIpc) is 2.87. The molecule has 6 nitrogen and oxygen atoms in total. The molecule has 0 aromatic heterocycles. The molecule has 0 fully saturated rings. The molecule has 0 bridgehead atoms. The van der Waals surface area contributed by atoms with Crippen molar-refractivity contribution in [2.45, 2.75) is 62.8 Å². The average molecular weight is 573 g/mol. The molecule has 0 heterocycles. The van der Waals surface area contributed by atoms with E-state index in [1.807, 2.05) is 24.3 Å². The van der Waals surface area contributed by atoms with Gasteiger partial charge in [-0.15, -0.1) is 0 Å². The number of rotatable bonds is 11. The van der Waals surface area contributed by atoms with Gasteiger partial charge in [0.05, 0.1) is 15.7 Å². The van der Waals surface area contributed by atoms with Gasteiger partial charge in [0.25, 0.3) is 0 Å². The number of halogens is 3. The van der Waals surface area contributed by atoms with E-state index in [9.17, 15) is 30.0 Å². The molecule has 0 radical (unpaired) electrons. The van der Waals surface area contributed by atoms with Crippen LogP contribution in [0.3, 0.4) is 0 Å². The van der Waals surface area contributed by atoms with Crippen molar-refractivity contribution < 1.29 is 30.0 Å². The summed E-state index contributed by atoms with van der Waals surface area (Å²) < 4.78 is 92.1. The molecule has 0 amide bonds. The van der Waals surface area contributed by atoms with Crippen LogP contribution in [0.1, 0.15) is 56.7 Å². The third-order valence-electron chi connectivity index (χ3n) is 7.01. The summed E-state index contributed by atoms with van der Waals surface area (Å²) in [5.74, 6) is 0.639. The Bertz CT molecular complexity index is 1320. The van der Waals surface area contributed by atoms with Crippen LogP contribution in [0.5, 0.6) is 0 Å². The molecule has 1 aliphatic rings. The van der Waals surface area contributed by atoms with Crippen LogP contribution in [-0.2, 0) is 32.6 Å². The zero-order chi connectivity index (χ0) is 28.1. The first-order valence-corrected chi connectivity index (χ1v) is 15.7. The summed E-state index contributed by atoms with van der Waals surface area (Å²) in [6.07, 6.45) is 0.890. The molecule has 2 aromatic carbocycles. The molecule has 2 atom stereocenters. The molecule has 2 aromatic rings. The minimum atomic E-state index is -4.52. The minimum Gasteiger partial charge on any atom is -0.215 e. The highest BCUT2D eigenvalue weighted by atomic mass is 32.2. The van der Waals surface area contributed by atoms with Gasteiger partial charge in [0.2, 0.25) is 20.0 Å². The predicted octanol–water partition coefficient (Wildman–Crippen LogP) is 5.37. The van der Waals surface area contributed by atoms with Crippen LogP contribution in [0, 0.1) is 11.8 Å². The van der Waals surface area contributed by atoms with Crippen molar-refractivity contribution >= 4 is 25.6 Å². The van der Waals surface area contributed by atoms with Gasteiger partial charge in [0, 0.05) is 13.1 Å². The van der Waals surface area contributed by atoms with Crippen LogP contribution in [0.15, 0.2) is 59.5 Å². The SMILES string of the molecule is CC(CNS(=O)(=O)C(C)C)C1CC=C(c2ccc(CCNS(=O)(=O)c3ccc(C(F)(F)F)cc3)cc2)CC1. The molecule has 0 aliphatic heterocycles. The van der Waals surface area contributed by atoms with Crippen molar-refractivity contribution in [3.05, 3.63) is 71.3 Å². The van der Waals surface area contributed by atoms with Crippen LogP contribution in [-0.4, -0.2) is 35.2 Å². The smallest absolute Gasteiger partial charge is 0.215 e. The van der Waals surface area contributed by atoms with E-state index in [0.29, 0.717) is 18.9 Å². The molecular weight excluding hydrogens is 537 g/mol. The Morgan fingerprint density at radius 2 is 1.55 bits per heavy atom. The molecule has 0 saturated carbocycles. The fraction of sp³-hybridized carbons (Fsp3) is 0.481. The molecule has 0 spiro atoms. The van der Waals surface area contributed by atoms with Gasteiger partial charge in [0.1, 0.15) is 0 Å². The highest BCUT2D eigenvalue weighted by molar-refractivity contribution is 7.90. The first-order chi connectivity index (χ1) is 17.7. The van der Waals surface area contributed by atoms with Crippen LogP contribution in [0.25, 0.3) is 5.57 Å². The minimum absolute atomic E-state index is 0.117. The van der Waals surface area contributed by atoms with Gasteiger partial charge in [-0.3, -0.25) is 0 Å². The molecule has 3 rings (SSSR count). The molecule has 38 heavy (non-hydrogen) atoms. The Morgan fingerprint density at radius 3 is 2.08 bits per heavy atom. The predicted molar refractivity (Wildman–Crippen MR) is 143 cm³/mol. The second-order valence-corrected chi connectivity index (χ2v) is 14.1. The molecule has 2 N–H and O–H groups in total. The van der Waals surface area contributed by atoms with Crippen LogP contribution in [0.4, 0.5) is 13.2 Å². The number of benzene rings is 2. The summed E-state index contributed by atoms with van der Waals surface area (Å²) >= 11 is 0. The van der Waals surface area contributed by atoms with E-state index < -0.39 is 37.0 Å². The third-order valence-corrected chi connectivity index (χ3v) is 10.3. The monoisotopic (exact) mass is 572 g/mol. The fourth-order valence-electron chi connectivity index (χ4n) is 4.34. The molecular formula is C27H35F3N2O4S2. The van der Waals surface area contributed by atoms with Crippen molar-refractivity contribution in [2.75, 3.05) is 13.1 Å². The van der Waals surface area contributed by atoms with Gasteiger partial charge in [-0.2, -0.15) is 13.2 Å². The number of hydrogen-bond donors (Lipinski definition) is 2. The Hall–Kier alpha value is -2.21. The van der Waals surface area contributed by atoms with Gasteiger partial charge in [-0.25, -0.2) is 26.3 Å². The molecule has 0 saturated heterocycles. The zero-order valence-corrected chi connectivity index (χ0v) is 23.4. The number of hydrogen-bond acceptors (Lipinski definition) is 4. The normalized spacial score (nSPS) is 17.9. The first kappa shape index (κ1) is 30.3. The van der Waals surface area contributed by atoms with Crippen molar-refractivity contribution in [2.24, 2.45) is 11.8 Å². The van der Waals surface area contributed by atoms with Gasteiger partial charge in [-0.1, -0.05) is 37.3 Å². The van der Waals surface area contributed by atoms with Crippen LogP contribution < -0.4 is 9.44 Å². The summed E-state index contributed by atoms with van der Waals surface area (Å²) in [5.41, 5.74) is 2.38. The van der Waals surface area contributed by atoms with E-state index in [-0.39, 0.29) is 17.4 Å². The van der Waals surface area contributed by atoms with E-state index in [1.165, 1.54) is 5.57 Å². The Kier molecular flexibility index (Phi) is 9.83. The second-order valence-electron chi connectivity index (χ2n) is 10.1. The van der Waals surface area contributed by atoms with Gasteiger partial charge >= 0.3 is 6.18 Å². The van der Waals surface area contributed by atoms with E-state index in [1.54, 1.807) is 13.8 Å². The maximum Gasteiger partial charge on any atom is 0.416 e. The van der Waals surface area contributed by atoms with Crippen molar-refractivity contribution in [1.82, 2.24) is 9.44 Å². The summed E-state index contributed by atoms with van der Waals surface area (Å²) in [4.78, 5) is -0.213. The second kappa shape index (κ2) is 12.3. The van der Waals surface area contributed by atoms with E-state index in [2.05, 4.69) is 22.4 Å². The van der Waals surface area contributed by atoms with Crippen molar-refractivity contribution in [3.63, 3.8) is 0 Å². The first-order valence-electron chi connectivity index (χ1n) is 12.6. The maximum absolute atomic E-state index is 12.7. The summed E-state index contributed by atoms with van der Waals surface area (Å²) in [6.45, 7) is 5.95. The van der Waals surface area contributed by atoms with E-state index >= 15 is 0 Å². The van der Waals surface area contributed by atoms with Gasteiger partial charge in [-0.05, 0) is 92.3 Å². The highest BCUT2D eigenvalue weighted by Crippen LogP contribution is 2.34. The number of sulfonamides is 2. The van der Waals surface area contributed by atoms with Gasteiger partial charge < -0.3 is 0 Å². The fourth-order valence-corrected chi connectivity index (χ4v) is 6.20. The van der Waals surface area contributed by atoms with Crippen LogP contribution >= 0.6 is 0 Å². The molecule has 11 heteroatoms. The Balaban J connectivity index is 1.50. The quantitative estimate of drug-likeness (QED) is 0.379. The van der Waals surface area contributed by atoms with E-state index in [0.717, 1.165) is 54.7 Å². The Labute approximate surface area is 223 Å². The van der Waals surface area contributed by atoms with E-state index in [4.69, 9.17) is 0 Å². The zero-order valence-electron chi connectivity index (χ0n) is 21.8. The van der Waals surface area contributed by atoms with Gasteiger partial charge in [0.15, 0.2) is 0 Å². The summed E-state index contributed by atoms with van der Waals surface area (Å²) in [5, 5.41) is -0.449. The topological polar surface area (TPSA) is 92.3 Å². The molecule has 2 unspecified atom stereocenters. The molecule has 1 aliphatic carbocycles. The Morgan fingerprint density at radius 1 is 0.921 bits per heavy atom.